The second kappa shape index (κ2) is 3.92. The van der Waals surface area contributed by atoms with Crippen molar-refractivity contribution < 1.29 is 7.87 Å². The van der Waals surface area contributed by atoms with Gasteiger partial charge in [-0.05, 0) is 0 Å². The molecule has 0 N–H and O–H groups in total. The van der Waals surface area contributed by atoms with E-state index in [2.05, 4.69) is 19.0 Å². The Morgan fingerprint density at radius 1 is 2.00 bits per heavy atom. The molecule has 0 aliphatic heterocycles. The van der Waals surface area contributed by atoms with Crippen LogP contribution in [0.25, 0.3) is 0 Å². The summed E-state index contributed by atoms with van der Waals surface area (Å²) < 4.78 is 4.34. The number of hydrogen-bond donors (Lipinski definition) is 0. The summed E-state index contributed by atoms with van der Waals surface area (Å²) >= 11 is 3.48. The van der Waals surface area contributed by atoms with E-state index in [1.54, 1.807) is 0 Å². The average Bonchev–Trinajstić information content (AvgIpc) is 1.65. The third kappa shape index (κ3) is 2.96. The van der Waals surface area contributed by atoms with E-state index in [-0.39, 0.29) is 5.97 Å². The van der Waals surface area contributed by atoms with Gasteiger partial charge in [0, 0.05) is 0 Å². The van der Waals surface area contributed by atoms with Crippen molar-refractivity contribution in [2.45, 2.75) is 0 Å². The molecule has 0 heterocycles. The fourth-order valence-corrected chi connectivity index (χ4v) is 1.10. The summed E-state index contributed by atoms with van der Waals surface area (Å²) in [6, 6.07) is 0. The number of hydrogen-bond acceptors (Lipinski definition) is 2. The Morgan fingerprint density at radius 2 is 2.50 bits per heavy atom. The van der Waals surface area contributed by atoms with Gasteiger partial charge in [-0.25, -0.2) is 0 Å². The second-order valence-electron chi connectivity index (χ2n) is 0.623. The number of alkyl halides is 1. The first kappa shape index (κ1) is 6.75. The van der Waals surface area contributed by atoms with Gasteiger partial charge in [-0.3, -0.25) is 0 Å². The van der Waals surface area contributed by atoms with Crippen LogP contribution < -0.4 is 0 Å². The average molecular weight is 258 g/mol. The molecule has 34 valence electrons. The predicted molar refractivity (Wildman–Crippen MR) is 27.0 cm³/mol. The summed E-state index contributed by atoms with van der Waals surface area (Å²) in [5.41, 5.74) is 0. The number of carbonyl (C=O) groups is 1. The van der Waals surface area contributed by atoms with Crippen LogP contribution in [-0.4, -0.2) is 34.2 Å². The molecule has 0 aliphatic rings. The van der Waals surface area contributed by atoms with Gasteiger partial charge in [0.05, 0.1) is 0 Å². The summed E-state index contributed by atoms with van der Waals surface area (Å²) in [7, 11) is 0. The van der Waals surface area contributed by atoms with Crippen molar-refractivity contribution in [2.75, 3.05) is 5.33 Å². The van der Waals surface area contributed by atoms with Crippen LogP contribution >= 0.6 is 15.9 Å². The third-order valence-corrected chi connectivity index (χ3v) is 1.45. The van der Waals surface area contributed by atoms with Crippen molar-refractivity contribution in [3.05, 3.63) is 0 Å². The molecule has 0 spiro atoms. The van der Waals surface area contributed by atoms with Gasteiger partial charge in [0.1, 0.15) is 0 Å². The SMILES string of the molecule is O=C(CBr)[O][SnH]. The van der Waals surface area contributed by atoms with Crippen LogP contribution in [0, 0.1) is 0 Å². The van der Waals surface area contributed by atoms with E-state index in [1.807, 2.05) is 0 Å². The molecule has 0 rings (SSSR count). The maximum atomic E-state index is 9.94. The van der Waals surface area contributed by atoms with E-state index in [1.165, 1.54) is 0 Å². The van der Waals surface area contributed by atoms with Crippen LogP contribution in [-0.2, 0) is 7.87 Å². The molecule has 0 aromatic heterocycles. The van der Waals surface area contributed by atoms with Crippen molar-refractivity contribution in [3.63, 3.8) is 0 Å². The minimum absolute atomic E-state index is 0.183. The van der Waals surface area contributed by atoms with Crippen molar-refractivity contribution in [1.29, 1.82) is 0 Å². The molecule has 0 saturated heterocycles. The van der Waals surface area contributed by atoms with Gasteiger partial charge >= 0.3 is 58.0 Å². The maximum absolute atomic E-state index is 9.94. The fourth-order valence-electron chi connectivity index (χ4n) is 0.0315. The molecular weight excluding hydrogens is 255 g/mol. The molecule has 0 aromatic carbocycles. The van der Waals surface area contributed by atoms with E-state index in [0.29, 0.717) is 28.3 Å². The Hall–Kier alpha value is 0.749. The zero-order valence-corrected chi connectivity index (χ0v) is 7.86. The summed E-state index contributed by atoms with van der Waals surface area (Å²) in [6.45, 7) is 0. The standard InChI is InChI=1S/C2H3BrO2.Sn.H/c3-1-2(4)5;;/h1H2,(H,4,5);;/q;+1;/p-1. The molecule has 0 unspecified atom stereocenters. The van der Waals surface area contributed by atoms with Crippen LogP contribution in [0.2, 0.25) is 0 Å². The van der Waals surface area contributed by atoms with Gasteiger partial charge in [0.2, 0.25) is 0 Å². The molecule has 0 amide bonds. The molecule has 4 heteroatoms. The number of rotatable bonds is 1. The zero-order chi connectivity index (χ0) is 4.99. The molecule has 0 fully saturated rings. The molecule has 0 bridgehead atoms. The summed E-state index contributed by atoms with van der Waals surface area (Å²) in [5, 5.41) is 0.314. The fraction of sp³-hybridized carbons (Fsp3) is 0.500. The van der Waals surface area contributed by atoms with Crippen LogP contribution in [0.1, 0.15) is 0 Å². The Bertz CT molecular complexity index is 49.5. The molecule has 0 aromatic rings. The summed E-state index contributed by atoms with van der Waals surface area (Å²) in [6.07, 6.45) is 0. The first-order valence-electron chi connectivity index (χ1n) is 1.26. The van der Waals surface area contributed by atoms with Crippen molar-refractivity contribution in [3.8, 4) is 0 Å². The van der Waals surface area contributed by atoms with E-state index in [4.69, 9.17) is 0 Å². The molecule has 0 atom stereocenters. The van der Waals surface area contributed by atoms with Gasteiger partial charge in [-0.2, -0.15) is 0 Å². The van der Waals surface area contributed by atoms with Crippen molar-refractivity contribution >= 4 is 44.8 Å². The molecule has 0 aliphatic carbocycles. The quantitative estimate of drug-likeness (QED) is 0.478. The molecule has 0 saturated carbocycles. The third-order valence-electron chi connectivity index (χ3n) is 0.241. The number of halogens is 1. The van der Waals surface area contributed by atoms with Crippen LogP contribution in [0.15, 0.2) is 0 Å². The van der Waals surface area contributed by atoms with Gasteiger partial charge in [0.25, 0.3) is 0 Å². The van der Waals surface area contributed by atoms with E-state index >= 15 is 0 Å². The summed E-state index contributed by atoms with van der Waals surface area (Å²) in [5.74, 6) is -0.183. The Labute approximate surface area is 58.0 Å². The van der Waals surface area contributed by atoms with E-state index < -0.39 is 0 Å². The van der Waals surface area contributed by atoms with Crippen LogP contribution in [0.5, 0.6) is 0 Å². The van der Waals surface area contributed by atoms with Gasteiger partial charge < -0.3 is 0 Å². The monoisotopic (exact) mass is 258 g/mol. The second-order valence-corrected chi connectivity index (χ2v) is 1.86. The van der Waals surface area contributed by atoms with Crippen LogP contribution in [0.3, 0.4) is 0 Å². The molecular formula is C2H3BrO2Sn. The summed E-state index contributed by atoms with van der Waals surface area (Å²) in [4.78, 5) is 9.94. The topological polar surface area (TPSA) is 26.3 Å². The Morgan fingerprint density at radius 3 is 2.50 bits per heavy atom. The predicted octanol–water partition coefficient (Wildman–Crippen LogP) is -0.260. The molecule has 2 radical (unpaired) electrons. The Balaban J connectivity index is 2.99. The van der Waals surface area contributed by atoms with Crippen LogP contribution in [0.4, 0.5) is 0 Å². The minimum atomic E-state index is -0.183. The first-order chi connectivity index (χ1) is 2.81. The van der Waals surface area contributed by atoms with Crippen molar-refractivity contribution in [2.24, 2.45) is 0 Å². The van der Waals surface area contributed by atoms with E-state index in [9.17, 15) is 4.79 Å². The van der Waals surface area contributed by atoms with Crippen molar-refractivity contribution in [1.82, 2.24) is 0 Å². The normalized spacial score (nSPS) is 7.67. The van der Waals surface area contributed by atoms with Gasteiger partial charge in [-0.1, -0.05) is 0 Å². The first-order valence-corrected chi connectivity index (χ1v) is 3.73. The molecule has 2 nitrogen and oxygen atoms in total. The van der Waals surface area contributed by atoms with Gasteiger partial charge in [-0.15, -0.1) is 0 Å². The number of carbonyl (C=O) groups excluding carboxylic acids is 1. The zero-order valence-electron chi connectivity index (χ0n) is 2.98. The van der Waals surface area contributed by atoms with E-state index in [0.717, 1.165) is 0 Å². The molecule has 6 heavy (non-hydrogen) atoms. The van der Waals surface area contributed by atoms with Gasteiger partial charge in [0.15, 0.2) is 0 Å². The Kier molecular flexibility index (Phi) is 4.41.